The van der Waals surface area contributed by atoms with Gasteiger partial charge in [0.25, 0.3) is 0 Å². The second-order valence-electron chi connectivity index (χ2n) is 3.77. The highest BCUT2D eigenvalue weighted by Crippen LogP contribution is 2.28. The largest absolute Gasteiger partial charge is 0.391 e. The molecule has 84 valence electrons. The highest BCUT2D eigenvalue weighted by atomic mass is 32.1. The SMILES string of the molecule is CCc1nc(-c2ccc(C)cc2)sc1CO. The first-order valence-corrected chi connectivity index (χ1v) is 6.22. The zero-order valence-corrected chi connectivity index (χ0v) is 10.3. The molecule has 1 aromatic heterocycles. The summed E-state index contributed by atoms with van der Waals surface area (Å²) in [6, 6.07) is 8.32. The summed E-state index contributed by atoms with van der Waals surface area (Å²) in [5.41, 5.74) is 3.39. The number of aryl methyl sites for hydroxylation is 2. The van der Waals surface area contributed by atoms with E-state index < -0.39 is 0 Å². The summed E-state index contributed by atoms with van der Waals surface area (Å²) in [7, 11) is 0. The smallest absolute Gasteiger partial charge is 0.123 e. The van der Waals surface area contributed by atoms with Gasteiger partial charge in [0.2, 0.25) is 0 Å². The van der Waals surface area contributed by atoms with Gasteiger partial charge in [-0.1, -0.05) is 36.8 Å². The van der Waals surface area contributed by atoms with Crippen molar-refractivity contribution in [2.45, 2.75) is 26.9 Å². The van der Waals surface area contributed by atoms with Crippen LogP contribution in [0.4, 0.5) is 0 Å². The molecule has 1 aromatic carbocycles. The molecule has 0 spiro atoms. The number of aliphatic hydroxyl groups is 1. The number of nitrogens with zero attached hydrogens (tertiary/aromatic N) is 1. The fourth-order valence-corrected chi connectivity index (χ4v) is 2.62. The van der Waals surface area contributed by atoms with Crippen LogP contribution >= 0.6 is 11.3 Å². The Bertz CT molecular complexity index is 452. The Morgan fingerprint density at radius 2 is 1.94 bits per heavy atom. The second kappa shape index (κ2) is 4.76. The zero-order valence-electron chi connectivity index (χ0n) is 9.53. The van der Waals surface area contributed by atoms with E-state index in [0.29, 0.717) is 0 Å². The van der Waals surface area contributed by atoms with Gasteiger partial charge in [-0.2, -0.15) is 0 Å². The first kappa shape index (κ1) is 11.3. The third-order valence-electron chi connectivity index (χ3n) is 2.56. The molecule has 0 saturated heterocycles. The van der Waals surface area contributed by atoms with Gasteiger partial charge >= 0.3 is 0 Å². The fourth-order valence-electron chi connectivity index (χ4n) is 1.60. The number of thiazole rings is 1. The molecular formula is C13H15NOS. The van der Waals surface area contributed by atoms with Gasteiger partial charge in [0.1, 0.15) is 5.01 Å². The predicted molar refractivity (Wildman–Crippen MR) is 67.6 cm³/mol. The van der Waals surface area contributed by atoms with E-state index in [-0.39, 0.29) is 6.61 Å². The molecule has 2 rings (SSSR count). The van der Waals surface area contributed by atoms with E-state index in [1.54, 1.807) is 11.3 Å². The first-order chi connectivity index (χ1) is 7.74. The molecule has 16 heavy (non-hydrogen) atoms. The Hall–Kier alpha value is -1.19. The van der Waals surface area contributed by atoms with Crippen LogP contribution in [0.2, 0.25) is 0 Å². The number of hydrogen-bond acceptors (Lipinski definition) is 3. The summed E-state index contributed by atoms with van der Waals surface area (Å²) < 4.78 is 0. The normalized spacial score (nSPS) is 10.7. The quantitative estimate of drug-likeness (QED) is 0.883. The van der Waals surface area contributed by atoms with E-state index in [1.165, 1.54) is 5.56 Å². The number of benzene rings is 1. The van der Waals surface area contributed by atoms with Crippen LogP contribution in [0.5, 0.6) is 0 Å². The topological polar surface area (TPSA) is 33.1 Å². The van der Waals surface area contributed by atoms with Gasteiger partial charge in [0.05, 0.1) is 17.2 Å². The molecule has 0 aliphatic rings. The summed E-state index contributed by atoms with van der Waals surface area (Å²) in [4.78, 5) is 5.54. The highest BCUT2D eigenvalue weighted by molar-refractivity contribution is 7.15. The summed E-state index contributed by atoms with van der Waals surface area (Å²) in [5, 5.41) is 10.2. The van der Waals surface area contributed by atoms with Crippen molar-refractivity contribution in [1.82, 2.24) is 4.98 Å². The number of rotatable bonds is 3. The van der Waals surface area contributed by atoms with Gasteiger partial charge < -0.3 is 5.11 Å². The second-order valence-corrected chi connectivity index (χ2v) is 4.85. The minimum absolute atomic E-state index is 0.0900. The molecule has 0 fully saturated rings. The monoisotopic (exact) mass is 233 g/mol. The number of aliphatic hydroxyl groups excluding tert-OH is 1. The molecule has 1 N–H and O–H groups in total. The first-order valence-electron chi connectivity index (χ1n) is 5.41. The van der Waals surface area contributed by atoms with Crippen molar-refractivity contribution in [3.8, 4) is 10.6 Å². The van der Waals surface area contributed by atoms with Crippen LogP contribution in [0, 0.1) is 6.92 Å². The maximum Gasteiger partial charge on any atom is 0.123 e. The lowest BCUT2D eigenvalue weighted by atomic mass is 10.2. The average Bonchev–Trinajstić information content (AvgIpc) is 2.73. The van der Waals surface area contributed by atoms with Crippen LogP contribution in [-0.4, -0.2) is 10.1 Å². The molecule has 0 atom stereocenters. The van der Waals surface area contributed by atoms with E-state index in [2.05, 4.69) is 43.1 Å². The summed E-state index contributed by atoms with van der Waals surface area (Å²) in [6.45, 7) is 4.22. The van der Waals surface area contributed by atoms with E-state index in [4.69, 9.17) is 0 Å². The molecular weight excluding hydrogens is 218 g/mol. The zero-order chi connectivity index (χ0) is 11.5. The Morgan fingerprint density at radius 3 is 2.44 bits per heavy atom. The number of aromatic nitrogens is 1. The van der Waals surface area contributed by atoms with Crippen molar-refractivity contribution in [1.29, 1.82) is 0 Å². The molecule has 0 unspecified atom stereocenters. The van der Waals surface area contributed by atoms with Crippen LogP contribution in [-0.2, 0) is 13.0 Å². The summed E-state index contributed by atoms with van der Waals surface area (Å²) in [5.74, 6) is 0. The van der Waals surface area contributed by atoms with Crippen LogP contribution in [0.1, 0.15) is 23.1 Å². The lowest BCUT2D eigenvalue weighted by Gasteiger charge is -1.96. The fraction of sp³-hybridized carbons (Fsp3) is 0.308. The predicted octanol–water partition coefficient (Wildman–Crippen LogP) is 3.17. The minimum Gasteiger partial charge on any atom is -0.391 e. The molecule has 2 nitrogen and oxygen atoms in total. The van der Waals surface area contributed by atoms with E-state index in [9.17, 15) is 5.11 Å². The van der Waals surface area contributed by atoms with Crippen LogP contribution in [0.3, 0.4) is 0 Å². The van der Waals surface area contributed by atoms with Crippen molar-refractivity contribution in [2.75, 3.05) is 0 Å². The van der Waals surface area contributed by atoms with Gasteiger partial charge in [-0.3, -0.25) is 0 Å². The van der Waals surface area contributed by atoms with Crippen molar-refractivity contribution < 1.29 is 5.11 Å². The van der Waals surface area contributed by atoms with E-state index >= 15 is 0 Å². The summed E-state index contributed by atoms with van der Waals surface area (Å²) in [6.07, 6.45) is 0.873. The highest BCUT2D eigenvalue weighted by Gasteiger charge is 2.09. The lowest BCUT2D eigenvalue weighted by molar-refractivity contribution is 0.284. The maximum absolute atomic E-state index is 9.22. The van der Waals surface area contributed by atoms with Crippen molar-refractivity contribution in [2.24, 2.45) is 0 Å². The Kier molecular flexibility index (Phi) is 3.36. The standard InChI is InChI=1S/C13H15NOS/c1-3-11-12(8-15)16-13(14-11)10-6-4-9(2)5-7-10/h4-7,15H,3,8H2,1-2H3. The molecule has 0 saturated carbocycles. The molecule has 0 aliphatic heterocycles. The molecule has 0 radical (unpaired) electrons. The molecule has 2 aromatic rings. The summed E-state index contributed by atoms with van der Waals surface area (Å²) >= 11 is 1.58. The van der Waals surface area contributed by atoms with E-state index in [0.717, 1.165) is 27.6 Å². The molecule has 1 heterocycles. The molecule has 0 bridgehead atoms. The molecule has 3 heteroatoms. The van der Waals surface area contributed by atoms with Crippen LogP contribution in [0.15, 0.2) is 24.3 Å². The Balaban J connectivity index is 2.40. The van der Waals surface area contributed by atoms with Gasteiger partial charge in [-0.25, -0.2) is 4.98 Å². The van der Waals surface area contributed by atoms with Gasteiger partial charge in [0.15, 0.2) is 0 Å². The third-order valence-corrected chi connectivity index (χ3v) is 3.69. The Morgan fingerprint density at radius 1 is 1.25 bits per heavy atom. The average molecular weight is 233 g/mol. The lowest BCUT2D eigenvalue weighted by Crippen LogP contribution is -1.87. The Labute approximate surface area is 99.6 Å². The van der Waals surface area contributed by atoms with Crippen molar-refractivity contribution >= 4 is 11.3 Å². The molecule has 0 aliphatic carbocycles. The van der Waals surface area contributed by atoms with Crippen molar-refractivity contribution in [3.05, 3.63) is 40.4 Å². The molecule has 0 amide bonds. The van der Waals surface area contributed by atoms with Crippen LogP contribution < -0.4 is 0 Å². The van der Waals surface area contributed by atoms with Gasteiger partial charge in [-0.15, -0.1) is 11.3 Å². The van der Waals surface area contributed by atoms with Crippen LogP contribution in [0.25, 0.3) is 10.6 Å². The third kappa shape index (κ3) is 2.15. The maximum atomic E-state index is 9.22. The van der Waals surface area contributed by atoms with Gasteiger partial charge in [0, 0.05) is 5.56 Å². The minimum atomic E-state index is 0.0900. The number of hydrogen-bond donors (Lipinski definition) is 1. The van der Waals surface area contributed by atoms with Gasteiger partial charge in [-0.05, 0) is 13.3 Å². The van der Waals surface area contributed by atoms with E-state index in [1.807, 2.05) is 0 Å². The van der Waals surface area contributed by atoms with Crippen molar-refractivity contribution in [3.63, 3.8) is 0 Å².